The highest BCUT2D eigenvalue weighted by atomic mass is 35.5. The van der Waals surface area contributed by atoms with Crippen LogP contribution >= 0.6 is 23.4 Å². The van der Waals surface area contributed by atoms with E-state index in [2.05, 4.69) is 15.8 Å². The number of halogens is 1. The SMILES string of the molecule is O=C(Cc1ccccc1)NNC(=O)c1ccc2c(c1)N=C(Cl)c1ccccc1S2. The van der Waals surface area contributed by atoms with Gasteiger partial charge in [-0.2, -0.15) is 0 Å². The standard InChI is InChI=1S/C22H16ClN3O2S/c23-21-16-8-4-5-9-18(16)29-19-11-10-15(13-17(19)24-21)22(28)26-25-20(27)12-14-6-2-1-3-7-14/h1-11,13H,12H2,(H,25,27)(H,26,28). The molecule has 3 aromatic rings. The summed E-state index contributed by atoms with van der Waals surface area (Å²) < 4.78 is 0. The summed E-state index contributed by atoms with van der Waals surface area (Å²) in [7, 11) is 0. The predicted molar refractivity (Wildman–Crippen MR) is 115 cm³/mol. The number of nitrogens with one attached hydrogen (secondary N) is 2. The highest BCUT2D eigenvalue weighted by Crippen LogP contribution is 2.41. The van der Waals surface area contributed by atoms with Crippen molar-refractivity contribution in [3.05, 3.63) is 89.5 Å². The fourth-order valence-corrected chi connectivity index (χ4v) is 4.18. The predicted octanol–water partition coefficient (Wildman–Crippen LogP) is 4.47. The molecule has 0 aliphatic carbocycles. The summed E-state index contributed by atoms with van der Waals surface area (Å²) in [5, 5.41) is 0.376. The molecule has 0 radical (unpaired) electrons. The summed E-state index contributed by atoms with van der Waals surface area (Å²) in [5.41, 5.74) is 7.59. The fourth-order valence-electron chi connectivity index (χ4n) is 2.87. The molecule has 0 saturated carbocycles. The van der Waals surface area contributed by atoms with Crippen molar-refractivity contribution in [1.29, 1.82) is 0 Å². The highest BCUT2D eigenvalue weighted by molar-refractivity contribution is 7.99. The van der Waals surface area contributed by atoms with Gasteiger partial charge in [-0.25, -0.2) is 4.99 Å². The van der Waals surface area contributed by atoms with Gasteiger partial charge in [0.2, 0.25) is 5.91 Å². The van der Waals surface area contributed by atoms with E-state index in [4.69, 9.17) is 11.6 Å². The number of carbonyl (C=O) groups is 2. The molecule has 2 amide bonds. The molecule has 4 rings (SSSR count). The van der Waals surface area contributed by atoms with Crippen LogP contribution < -0.4 is 10.9 Å². The second-order valence-electron chi connectivity index (χ2n) is 6.35. The summed E-state index contributed by atoms with van der Waals surface area (Å²) in [6.45, 7) is 0. The van der Waals surface area contributed by atoms with Gasteiger partial charge in [0.15, 0.2) is 0 Å². The minimum absolute atomic E-state index is 0.181. The second-order valence-corrected chi connectivity index (χ2v) is 7.79. The molecule has 0 bridgehead atoms. The Labute approximate surface area is 177 Å². The lowest BCUT2D eigenvalue weighted by Crippen LogP contribution is -2.42. The Morgan fingerprint density at radius 1 is 0.897 bits per heavy atom. The van der Waals surface area contributed by atoms with Crippen LogP contribution in [0.1, 0.15) is 21.5 Å². The number of amides is 2. The third-order valence-corrected chi connectivity index (χ3v) is 5.72. The van der Waals surface area contributed by atoms with E-state index in [1.807, 2.05) is 60.7 Å². The van der Waals surface area contributed by atoms with Crippen LogP contribution in [0.3, 0.4) is 0 Å². The van der Waals surface area contributed by atoms with E-state index in [-0.39, 0.29) is 12.3 Å². The molecular formula is C22H16ClN3O2S. The van der Waals surface area contributed by atoms with E-state index < -0.39 is 5.91 Å². The molecule has 0 atom stereocenters. The molecule has 1 aliphatic rings. The minimum atomic E-state index is -0.424. The van der Waals surface area contributed by atoms with E-state index in [1.165, 1.54) is 0 Å². The van der Waals surface area contributed by atoms with Crippen molar-refractivity contribution in [1.82, 2.24) is 10.9 Å². The van der Waals surface area contributed by atoms with E-state index in [1.54, 1.807) is 23.9 Å². The lowest BCUT2D eigenvalue weighted by Gasteiger charge is -2.09. The first-order valence-corrected chi connectivity index (χ1v) is 10.1. The van der Waals surface area contributed by atoms with Gasteiger partial charge in [-0.15, -0.1) is 0 Å². The first-order chi connectivity index (χ1) is 14.1. The average Bonchev–Trinajstić information content (AvgIpc) is 2.88. The lowest BCUT2D eigenvalue weighted by molar-refractivity contribution is -0.121. The van der Waals surface area contributed by atoms with Crippen LogP contribution in [0.5, 0.6) is 0 Å². The van der Waals surface area contributed by atoms with E-state index in [9.17, 15) is 9.59 Å². The zero-order valence-corrected chi connectivity index (χ0v) is 16.8. The van der Waals surface area contributed by atoms with Crippen molar-refractivity contribution in [2.75, 3.05) is 0 Å². The number of aliphatic imine (C=N–C) groups is 1. The van der Waals surface area contributed by atoms with E-state index in [0.717, 1.165) is 20.9 Å². The van der Waals surface area contributed by atoms with Gasteiger partial charge >= 0.3 is 0 Å². The molecular weight excluding hydrogens is 406 g/mol. The van der Waals surface area contributed by atoms with Crippen molar-refractivity contribution in [2.45, 2.75) is 16.2 Å². The molecule has 1 heterocycles. The molecule has 0 fully saturated rings. The quantitative estimate of drug-likeness (QED) is 0.613. The van der Waals surface area contributed by atoms with Gasteiger partial charge in [-0.1, -0.05) is 71.9 Å². The zero-order valence-electron chi connectivity index (χ0n) is 15.2. The van der Waals surface area contributed by atoms with Crippen LogP contribution in [0.25, 0.3) is 0 Å². The highest BCUT2D eigenvalue weighted by Gasteiger charge is 2.17. The van der Waals surface area contributed by atoms with Crippen LogP contribution in [0.4, 0.5) is 5.69 Å². The Hall–Kier alpha value is -3.09. The maximum atomic E-state index is 12.5. The smallest absolute Gasteiger partial charge is 0.269 e. The molecule has 5 nitrogen and oxygen atoms in total. The maximum Gasteiger partial charge on any atom is 0.269 e. The van der Waals surface area contributed by atoms with Gasteiger partial charge in [-0.05, 0) is 29.8 Å². The summed E-state index contributed by atoms with van der Waals surface area (Å²) >= 11 is 7.92. The van der Waals surface area contributed by atoms with Crippen LogP contribution in [-0.4, -0.2) is 17.0 Å². The summed E-state index contributed by atoms with van der Waals surface area (Å²) in [6, 6.07) is 22.2. The molecule has 144 valence electrons. The van der Waals surface area contributed by atoms with Crippen LogP contribution in [-0.2, 0) is 11.2 Å². The van der Waals surface area contributed by atoms with Crippen LogP contribution in [0.15, 0.2) is 87.6 Å². The Balaban J connectivity index is 1.46. The number of fused-ring (bicyclic) bond motifs is 2. The molecule has 1 aliphatic heterocycles. The van der Waals surface area contributed by atoms with Crippen molar-refractivity contribution in [3.8, 4) is 0 Å². The van der Waals surface area contributed by atoms with Gasteiger partial charge in [0.05, 0.1) is 12.1 Å². The number of hydrazine groups is 1. The molecule has 0 spiro atoms. The lowest BCUT2D eigenvalue weighted by atomic mass is 10.1. The monoisotopic (exact) mass is 421 g/mol. The molecule has 2 N–H and O–H groups in total. The number of hydrogen-bond acceptors (Lipinski definition) is 4. The van der Waals surface area contributed by atoms with Crippen molar-refractivity contribution in [3.63, 3.8) is 0 Å². The number of benzene rings is 3. The average molecular weight is 422 g/mol. The Bertz CT molecular complexity index is 1120. The molecule has 29 heavy (non-hydrogen) atoms. The number of carbonyl (C=O) groups excluding carboxylic acids is 2. The Kier molecular flexibility index (Phi) is 5.64. The van der Waals surface area contributed by atoms with Crippen molar-refractivity contribution in [2.24, 2.45) is 4.99 Å². The van der Waals surface area contributed by atoms with Gasteiger partial charge in [0, 0.05) is 20.9 Å². The summed E-state index contributed by atoms with van der Waals surface area (Å²) in [6.07, 6.45) is 0.181. The summed E-state index contributed by atoms with van der Waals surface area (Å²) in [4.78, 5) is 30.9. The first-order valence-electron chi connectivity index (χ1n) is 8.89. The van der Waals surface area contributed by atoms with Gasteiger partial charge in [0.25, 0.3) is 5.91 Å². The maximum absolute atomic E-state index is 12.5. The minimum Gasteiger partial charge on any atom is -0.273 e. The molecule has 0 unspecified atom stereocenters. The molecule has 0 aromatic heterocycles. The largest absolute Gasteiger partial charge is 0.273 e. The fraction of sp³-hybridized carbons (Fsp3) is 0.0455. The zero-order chi connectivity index (χ0) is 20.2. The number of nitrogens with zero attached hydrogens (tertiary/aromatic N) is 1. The molecule has 3 aromatic carbocycles. The van der Waals surface area contributed by atoms with Crippen molar-refractivity contribution >= 4 is 46.0 Å². The van der Waals surface area contributed by atoms with Crippen LogP contribution in [0.2, 0.25) is 0 Å². The summed E-state index contributed by atoms with van der Waals surface area (Å²) in [5.74, 6) is -0.723. The molecule has 7 heteroatoms. The normalized spacial score (nSPS) is 12.1. The van der Waals surface area contributed by atoms with Crippen molar-refractivity contribution < 1.29 is 9.59 Å². The van der Waals surface area contributed by atoms with Gasteiger partial charge in [0.1, 0.15) is 5.17 Å². The first kappa shape index (κ1) is 19.2. The number of hydrogen-bond donors (Lipinski definition) is 2. The topological polar surface area (TPSA) is 70.6 Å². The van der Waals surface area contributed by atoms with E-state index in [0.29, 0.717) is 16.4 Å². The van der Waals surface area contributed by atoms with E-state index >= 15 is 0 Å². The van der Waals surface area contributed by atoms with Gasteiger partial charge < -0.3 is 0 Å². The van der Waals surface area contributed by atoms with Gasteiger partial charge in [-0.3, -0.25) is 20.4 Å². The third kappa shape index (κ3) is 4.50. The third-order valence-electron chi connectivity index (χ3n) is 4.29. The Morgan fingerprint density at radius 3 is 2.48 bits per heavy atom. The number of rotatable bonds is 3. The Morgan fingerprint density at radius 2 is 1.66 bits per heavy atom. The molecule has 0 saturated heterocycles. The second kappa shape index (κ2) is 8.51. The van der Waals surface area contributed by atoms with Crippen LogP contribution in [0, 0.1) is 0 Å².